The molecule has 1 aliphatic carbocycles. The number of amides is 1. The van der Waals surface area contributed by atoms with Crippen molar-refractivity contribution in [3.8, 4) is 17.5 Å². The molecule has 0 radical (unpaired) electrons. The quantitative estimate of drug-likeness (QED) is 0.815. The summed E-state index contributed by atoms with van der Waals surface area (Å²) in [7, 11) is 0. The molecule has 1 amide bonds. The summed E-state index contributed by atoms with van der Waals surface area (Å²) in [6.45, 7) is 2.00. The lowest BCUT2D eigenvalue weighted by atomic mass is 9.83. The normalized spacial score (nSPS) is 22.0. The molecule has 1 aromatic heterocycles. The molecule has 0 spiro atoms. The number of aromatic amines is 1. The number of carbonyl (C=O) groups excluding carboxylic acids is 1. The van der Waals surface area contributed by atoms with Crippen LogP contribution in [-0.2, 0) is 4.79 Å². The third-order valence-corrected chi connectivity index (χ3v) is 6.09. The smallest absolute Gasteiger partial charge is 0.235 e. The highest BCUT2D eigenvalue weighted by atomic mass is 16.2. The van der Waals surface area contributed by atoms with Gasteiger partial charge in [0.05, 0.1) is 12.6 Å². The van der Waals surface area contributed by atoms with Gasteiger partial charge in [-0.25, -0.2) is 4.98 Å². The van der Waals surface area contributed by atoms with Crippen LogP contribution in [0.1, 0.15) is 56.7 Å². The van der Waals surface area contributed by atoms with Crippen LogP contribution in [0.4, 0.5) is 0 Å². The number of hydrogen-bond acceptors (Lipinski definition) is 5. The van der Waals surface area contributed by atoms with Gasteiger partial charge in [0, 0.05) is 18.0 Å². The minimum absolute atomic E-state index is 0.0448. The average molecular weight is 393 g/mol. The lowest BCUT2D eigenvalue weighted by molar-refractivity contribution is -0.124. The van der Waals surface area contributed by atoms with Gasteiger partial charge in [-0.05, 0) is 32.2 Å². The topological polar surface area (TPSA) is 97.7 Å². The number of likely N-dealkylation sites (tertiary alicyclic amines) is 1. The van der Waals surface area contributed by atoms with E-state index in [-0.39, 0.29) is 11.8 Å². The molecule has 29 heavy (non-hydrogen) atoms. The number of piperidine rings is 1. The second-order valence-corrected chi connectivity index (χ2v) is 8.29. The van der Waals surface area contributed by atoms with Crippen molar-refractivity contribution in [2.75, 3.05) is 19.6 Å². The van der Waals surface area contributed by atoms with Crippen LogP contribution >= 0.6 is 0 Å². The fourth-order valence-electron chi connectivity index (χ4n) is 4.53. The number of nitrogens with one attached hydrogen (secondary N) is 2. The average Bonchev–Trinajstić information content (AvgIpc) is 3.25. The molecule has 2 heterocycles. The van der Waals surface area contributed by atoms with Crippen molar-refractivity contribution in [1.29, 1.82) is 5.26 Å². The number of hydrogen-bond donors (Lipinski definition) is 2. The van der Waals surface area contributed by atoms with Gasteiger partial charge in [0.15, 0.2) is 5.82 Å². The van der Waals surface area contributed by atoms with Gasteiger partial charge in [-0.15, -0.1) is 0 Å². The number of carbonyl (C=O) groups is 1. The van der Waals surface area contributed by atoms with E-state index in [1.54, 1.807) is 0 Å². The van der Waals surface area contributed by atoms with E-state index in [9.17, 15) is 10.1 Å². The summed E-state index contributed by atoms with van der Waals surface area (Å²) in [6, 6.07) is 12.3. The Morgan fingerprint density at radius 1 is 1.24 bits per heavy atom. The summed E-state index contributed by atoms with van der Waals surface area (Å²) in [5, 5.41) is 20.1. The minimum Gasteiger partial charge on any atom is -0.337 e. The van der Waals surface area contributed by atoms with Crippen molar-refractivity contribution in [2.24, 2.45) is 0 Å². The van der Waals surface area contributed by atoms with E-state index in [0.29, 0.717) is 12.4 Å². The van der Waals surface area contributed by atoms with Gasteiger partial charge in [0.2, 0.25) is 5.91 Å². The lowest BCUT2D eigenvalue weighted by Crippen LogP contribution is -2.52. The Balaban J connectivity index is 1.36. The number of H-pyrrole nitrogens is 1. The van der Waals surface area contributed by atoms with Gasteiger partial charge in [-0.3, -0.25) is 14.8 Å². The molecule has 2 aliphatic rings. The van der Waals surface area contributed by atoms with Crippen LogP contribution in [0.2, 0.25) is 0 Å². The van der Waals surface area contributed by atoms with Crippen molar-refractivity contribution >= 4 is 5.91 Å². The zero-order chi connectivity index (χ0) is 20.1. The first-order chi connectivity index (χ1) is 14.2. The van der Waals surface area contributed by atoms with Crippen LogP contribution in [-0.4, -0.2) is 51.2 Å². The van der Waals surface area contributed by atoms with Crippen molar-refractivity contribution in [2.45, 2.75) is 56.4 Å². The predicted molar refractivity (Wildman–Crippen MR) is 110 cm³/mol. The summed E-state index contributed by atoms with van der Waals surface area (Å²) in [5.74, 6) is 1.79. The van der Waals surface area contributed by atoms with Gasteiger partial charge < -0.3 is 5.32 Å². The van der Waals surface area contributed by atoms with Gasteiger partial charge in [0.25, 0.3) is 0 Å². The fourth-order valence-corrected chi connectivity index (χ4v) is 4.53. The maximum absolute atomic E-state index is 12.6. The maximum atomic E-state index is 12.6. The molecular formula is C22H28N6O. The first kappa shape index (κ1) is 19.6. The highest BCUT2D eigenvalue weighted by Crippen LogP contribution is 2.28. The first-order valence-corrected chi connectivity index (χ1v) is 10.6. The number of nitriles is 1. The van der Waals surface area contributed by atoms with Crippen molar-refractivity contribution in [1.82, 2.24) is 25.4 Å². The Bertz CT molecular complexity index is 865. The van der Waals surface area contributed by atoms with Crippen LogP contribution in [0.3, 0.4) is 0 Å². The molecule has 0 bridgehead atoms. The molecule has 2 aromatic rings. The Morgan fingerprint density at radius 3 is 2.79 bits per heavy atom. The van der Waals surface area contributed by atoms with E-state index >= 15 is 0 Å². The highest BCUT2D eigenvalue weighted by Gasteiger charge is 2.34. The van der Waals surface area contributed by atoms with E-state index in [4.69, 9.17) is 4.98 Å². The molecule has 4 rings (SSSR count). The zero-order valence-corrected chi connectivity index (χ0v) is 16.7. The molecule has 1 atom stereocenters. The van der Waals surface area contributed by atoms with Gasteiger partial charge in [0.1, 0.15) is 11.4 Å². The fraction of sp³-hybridized carbons (Fsp3) is 0.545. The van der Waals surface area contributed by atoms with E-state index in [0.717, 1.165) is 69.4 Å². The van der Waals surface area contributed by atoms with Crippen LogP contribution in [0.25, 0.3) is 11.4 Å². The molecule has 7 heteroatoms. The molecule has 1 saturated heterocycles. The second kappa shape index (κ2) is 8.75. The van der Waals surface area contributed by atoms with Crippen LogP contribution < -0.4 is 5.32 Å². The van der Waals surface area contributed by atoms with E-state index in [1.165, 1.54) is 0 Å². The van der Waals surface area contributed by atoms with Crippen LogP contribution in [0.5, 0.6) is 0 Å². The number of aromatic nitrogens is 3. The summed E-state index contributed by atoms with van der Waals surface area (Å²) >= 11 is 0. The molecule has 1 aromatic carbocycles. The van der Waals surface area contributed by atoms with Crippen molar-refractivity contribution < 1.29 is 4.79 Å². The summed E-state index contributed by atoms with van der Waals surface area (Å²) in [4.78, 5) is 19.5. The number of rotatable bonds is 5. The van der Waals surface area contributed by atoms with Crippen LogP contribution in [0, 0.1) is 11.3 Å². The number of nitrogens with zero attached hydrogens (tertiary/aromatic N) is 4. The largest absolute Gasteiger partial charge is 0.337 e. The Kier molecular flexibility index (Phi) is 5.91. The lowest BCUT2D eigenvalue weighted by Gasteiger charge is -2.34. The zero-order valence-electron chi connectivity index (χ0n) is 16.7. The van der Waals surface area contributed by atoms with Gasteiger partial charge in [-0.2, -0.15) is 10.4 Å². The third-order valence-electron chi connectivity index (χ3n) is 6.09. The van der Waals surface area contributed by atoms with Crippen molar-refractivity contribution in [3.05, 3.63) is 36.2 Å². The molecule has 1 aliphatic heterocycles. The monoisotopic (exact) mass is 392 g/mol. The van der Waals surface area contributed by atoms with E-state index < -0.39 is 5.54 Å². The van der Waals surface area contributed by atoms with E-state index in [2.05, 4.69) is 26.5 Å². The summed E-state index contributed by atoms with van der Waals surface area (Å²) < 4.78 is 0. The molecule has 1 unspecified atom stereocenters. The standard InChI is InChI=1S/C22H28N6O/c23-16-22(11-5-2-6-12-22)25-19(29)15-28-13-7-10-18(14-28)21-24-20(26-27-21)17-8-3-1-4-9-17/h1,3-4,8-9,18H,2,5-7,10-15H2,(H,25,29)(H,24,26,27). The Morgan fingerprint density at radius 2 is 2.03 bits per heavy atom. The summed E-state index contributed by atoms with van der Waals surface area (Å²) in [6.07, 6.45) is 6.74. The molecule has 2 fully saturated rings. The van der Waals surface area contributed by atoms with Gasteiger partial charge in [-0.1, -0.05) is 49.6 Å². The van der Waals surface area contributed by atoms with Crippen molar-refractivity contribution in [3.63, 3.8) is 0 Å². The molecule has 152 valence electrons. The molecular weight excluding hydrogens is 364 g/mol. The SMILES string of the molecule is N#CC1(NC(=O)CN2CCCC(c3nc(-c4ccccc4)n[nH]3)C2)CCCCC1. The molecule has 7 nitrogen and oxygen atoms in total. The second-order valence-electron chi connectivity index (χ2n) is 8.29. The highest BCUT2D eigenvalue weighted by molar-refractivity contribution is 5.79. The number of benzene rings is 1. The Labute approximate surface area is 171 Å². The Hall–Kier alpha value is -2.72. The van der Waals surface area contributed by atoms with Gasteiger partial charge >= 0.3 is 0 Å². The van der Waals surface area contributed by atoms with E-state index in [1.807, 2.05) is 30.3 Å². The summed E-state index contributed by atoms with van der Waals surface area (Å²) in [5.41, 5.74) is 0.330. The minimum atomic E-state index is -0.667. The van der Waals surface area contributed by atoms with Crippen LogP contribution in [0.15, 0.2) is 30.3 Å². The molecule has 2 N–H and O–H groups in total. The first-order valence-electron chi connectivity index (χ1n) is 10.6. The predicted octanol–water partition coefficient (Wildman–Crippen LogP) is 2.99. The molecule has 1 saturated carbocycles. The maximum Gasteiger partial charge on any atom is 0.235 e. The third kappa shape index (κ3) is 4.65.